The minimum Gasteiger partial charge on any atom is -0.508 e. The first-order valence-corrected chi connectivity index (χ1v) is 5.30. The fourth-order valence-electron chi connectivity index (χ4n) is 1.56. The molecule has 0 amide bonds. The van der Waals surface area contributed by atoms with E-state index in [9.17, 15) is 18.7 Å². The average molecular weight is 265 g/mol. The molecule has 0 atom stereocenters. The Morgan fingerprint density at radius 2 is 1.84 bits per heavy atom. The molecule has 2 rings (SSSR count). The van der Waals surface area contributed by atoms with Crippen LogP contribution in [0.3, 0.4) is 0 Å². The smallest absolute Gasteiger partial charge is 0.387 e. The molecule has 2 aromatic rings. The molecule has 0 saturated heterocycles. The Labute approximate surface area is 107 Å². The first-order valence-electron chi connectivity index (χ1n) is 5.30. The normalized spacial score (nSPS) is 10.5. The maximum absolute atomic E-state index is 12.1. The number of nitrogens with zero attached hydrogens (tertiary/aromatic N) is 1. The molecule has 1 aromatic heterocycles. The van der Waals surface area contributed by atoms with Crippen molar-refractivity contribution in [3.8, 4) is 11.5 Å². The van der Waals surface area contributed by atoms with E-state index in [0.717, 1.165) is 12.1 Å². The van der Waals surface area contributed by atoms with Gasteiger partial charge in [0.2, 0.25) is 0 Å². The second kappa shape index (κ2) is 5.43. The highest BCUT2D eigenvalue weighted by atomic mass is 19.3. The number of halogens is 2. The van der Waals surface area contributed by atoms with Gasteiger partial charge in [-0.3, -0.25) is 9.78 Å². The summed E-state index contributed by atoms with van der Waals surface area (Å²) < 4.78 is 28.4. The van der Waals surface area contributed by atoms with Gasteiger partial charge in [-0.1, -0.05) is 0 Å². The zero-order valence-corrected chi connectivity index (χ0v) is 9.59. The lowest BCUT2D eigenvalue weighted by atomic mass is 10.0. The van der Waals surface area contributed by atoms with Crippen molar-refractivity contribution in [1.29, 1.82) is 0 Å². The summed E-state index contributed by atoms with van der Waals surface area (Å²) in [5.41, 5.74) is 0.394. The maximum atomic E-state index is 12.1. The van der Waals surface area contributed by atoms with E-state index in [2.05, 4.69) is 9.72 Å². The number of pyridine rings is 1. The number of aromatic hydroxyl groups is 1. The monoisotopic (exact) mass is 265 g/mol. The number of benzene rings is 1. The molecule has 98 valence electrons. The largest absolute Gasteiger partial charge is 0.508 e. The fourth-order valence-corrected chi connectivity index (χ4v) is 1.56. The summed E-state index contributed by atoms with van der Waals surface area (Å²) in [6, 6.07) is 6.31. The van der Waals surface area contributed by atoms with Crippen LogP contribution in [-0.2, 0) is 0 Å². The number of aromatic nitrogens is 1. The van der Waals surface area contributed by atoms with Gasteiger partial charge in [0.1, 0.15) is 11.5 Å². The molecule has 4 nitrogen and oxygen atoms in total. The Bertz CT molecular complexity index is 588. The second-order valence-corrected chi connectivity index (χ2v) is 3.66. The number of carbonyl (C=O) groups is 1. The van der Waals surface area contributed by atoms with Gasteiger partial charge in [-0.2, -0.15) is 8.78 Å². The minimum absolute atomic E-state index is 0.0573. The third-order valence-corrected chi connectivity index (χ3v) is 2.32. The van der Waals surface area contributed by atoms with E-state index in [1.54, 1.807) is 0 Å². The Morgan fingerprint density at radius 1 is 1.16 bits per heavy atom. The van der Waals surface area contributed by atoms with E-state index in [1.165, 1.54) is 30.6 Å². The first kappa shape index (κ1) is 12.9. The molecule has 0 aliphatic heterocycles. The highest BCUT2D eigenvalue weighted by molar-refractivity contribution is 6.09. The van der Waals surface area contributed by atoms with Crippen LogP contribution in [0.2, 0.25) is 0 Å². The third kappa shape index (κ3) is 3.25. The second-order valence-electron chi connectivity index (χ2n) is 3.66. The number of carbonyl (C=O) groups excluding carboxylic acids is 1. The van der Waals surface area contributed by atoms with E-state index >= 15 is 0 Å². The molecule has 1 N–H and O–H groups in total. The number of phenols is 1. The SMILES string of the molecule is O=C(c1ccncc1)c1cc(O)cc(OC(F)F)c1. The number of rotatable bonds is 4. The summed E-state index contributed by atoms with van der Waals surface area (Å²) in [6.07, 6.45) is 2.87. The summed E-state index contributed by atoms with van der Waals surface area (Å²) in [5.74, 6) is -1.01. The average Bonchev–Trinajstić information content (AvgIpc) is 2.37. The quantitative estimate of drug-likeness (QED) is 0.863. The van der Waals surface area contributed by atoms with Crippen LogP contribution in [0.1, 0.15) is 15.9 Å². The molecule has 0 radical (unpaired) electrons. The highest BCUT2D eigenvalue weighted by Crippen LogP contribution is 2.24. The lowest BCUT2D eigenvalue weighted by Gasteiger charge is -2.07. The van der Waals surface area contributed by atoms with Crippen LogP contribution in [0.4, 0.5) is 8.78 Å². The highest BCUT2D eigenvalue weighted by Gasteiger charge is 2.13. The van der Waals surface area contributed by atoms with Gasteiger partial charge in [-0.05, 0) is 24.3 Å². The molecule has 6 heteroatoms. The van der Waals surface area contributed by atoms with Gasteiger partial charge < -0.3 is 9.84 Å². The van der Waals surface area contributed by atoms with Crippen molar-refractivity contribution in [3.05, 3.63) is 53.9 Å². The maximum Gasteiger partial charge on any atom is 0.387 e. The van der Waals surface area contributed by atoms with Crippen molar-refractivity contribution in [2.24, 2.45) is 0 Å². The van der Waals surface area contributed by atoms with Gasteiger partial charge in [0, 0.05) is 29.6 Å². The van der Waals surface area contributed by atoms with Crippen molar-refractivity contribution >= 4 is 5.78 Å². The number of hydrogen-bond acceptors (Lipinski definition) is 4. The number of alkyl halides is 2. The Balaban J connectivity index is 2.34. The van der Waals surface area contributed by atoms with Crippen molar-refractivity contribution in [2.45, 2.75) is 6.61 Å². The zero-order chi connectivity index (χ0) is 13.8. The molecule has 19 heavy (non-hydrogen) atoms. The van der Waals surface area contributed by atoms with E-state index in [1.807, 2.05) is 0 Å². The Morgan fingerprint density at radius 3 is 2.47 bits per heavy atom. The van der Waals surface area contributed by atoms with E-state index in [4.69, 9.17) is 0 Å². The molecule has 0 aliphatic carbocycles. The minimum atomic E-state index is -3.02. The Hall–Kier alpha value is -2.50. The fraction of sp³-hybridized carbons (Fsp3) is 0.0769. The lowest BCUT2D eigenvalue weighted by Crippen LogP contribution is -2.05. The third-order valence-electron chi connectivity index (χ3n) is 2.32. The summed E-state index contributed by atoms with van der Waals surface area (Å²) in [4.78, 5) is 15.8. The molecule has 0 fully saturated rings. The van der Waals surface area contributed by atoms with Gasteiger partial charge in [0.05, 0.1) is 0 Å². The van der Waals surface area contributed by atoms with Crippen molar-refractivity contribution in [3.63, 3.8) is 0 Å². The molecular formula is C13H9F2NO3. The van der Waals surface area contributed by atoms with Gasteiger partial charge in [-0.15, -0.1) is 0 Å². The van der Waals surface area contributed by atoms with Gasteiger partial charge in [0.15, 0.2) is 5.78 Å². The van der Waals surface area contributed by atoms with Gasteiger partial charge >= 0.3 is 6.61 Å². The van der Waals surface area contributed by atoms with Crippen LogP contribution in [0.5, 0.6) is 11.5 Å². The predicted molar refractivity (Wildman–Crippen MR) is 62.4 cm³/mol. The molecule has 0 aliphatic rings. The van der Waals surface area contributed by atoms with Gasteiger partial charge in [-0.25, -0.2) is 0 Å². The van der Waals surface area contributed by atoms with Crippen LogP contribution in [-0.4, -0.2) is 22.5 Å². The summed E-state index contributed by atoms with van der Waals surface area (Å²) in [6.45, 7) is -3.02. The van der Waals surface area contributed by atoms with E-state index in [0.29, 0.717) is 5.56 Å². The first-order chi connectivity index (χ1) is 9.06. The summed E-state index contributed by atoms with van der Waals surface area (Å²) in [7, 11) is 0. The molecule has 0 bridgehead atoms. The lowest BCUT2D eigenvalue weighted by molar-refractivity contribution is -0.0499. The standard InChI is InChI=1S/C13H9F2NO3/c14-13(15)19-11-6-9(5-10(17)7-11)12(18)8-1-3-16-4-2-8/h1-7,13,17H. The van der Waals surface area contributed by atoms with Crippen LogP contribution < -0.4 is 4.74 Å². The molecule has 0 spiro atoms. The van der Waals surface area contributed by atoms with Crippen LogP contribution in [0, 0.1) is 0 Å². The van der Waals surface area contributed by atoms with Crippen molar-refractivity contribution < 1.29 is 23.4 Å². The molecule has 0 unspecified atom stereocenters. The number of phenolic OH excluding ortho intramolecular Hbond substituents is 1. The summed E-state index contributed by atoms with van der Waals surface area (Å²) in [5, 5.41) is 9.41. The zero-order valence-electron chi connectivity index (χ0n) is 9.59. The van der Waals surface area contributed by atoms with Crippen LogP contribution in [0.25, 0.3) is 0 Å². The Kier molecular flexibility index (Phi) is 3.70. The van der Waals surface area contributed by atoms with E-state index in [-0.39, 0.29) is 17.1 Å². The van der Waals surface area contributed by atoms with Crippen LogP contribution in [0.15, 0.2) is 42.7 Å². The van der Waals surface area contributed by atoms with Crippen molar-refractivity contribution in [1.82, 2.24) is 4.98 Å². The number of hydrogen-bond donors (Lipinski definition) is 1. The van der Waals surface area contributed by atoms with Crippen molar-refractivity contribution in [2.75, 3.05) is 0 Å². The topological polar surface area (TPSA) is 59.4 Å². The molecule has 0 saturated carbocycles. The van der Waals surface area contributed by atoms with Gasteiger partial charge in [0.25, 0.3) is 0 Å². The molecular weight excluding hydrogens is 256 g/mol. The van der Waals surface area contributed by atoms with E-state index < -0.39 is 12.4 Å². The number of ether oxygens (including phenoxy) is 1. The summed E-state index contributed by atoms with van der Waals surface area (Å²) >= 11 is 0. The molecule has 1 heterocycles. The molecule has 1 aromatic carbocycles. The predicted octanol–water partition coefficient (Wildman–Crippen LogP) is 2.62. The number of ketones is 1. The van der Waals surface area contributed by atoms with Crippen LogP contribution >= 0.6 is 0 Å².